The number of esters is 1. The van der Waals surface area contributed by atoms with Crippen LogP contribution in [0.5, 0.6) is 11.5 Å². The first-order valence-electron chi connectivity index (χ1n) is 9.28. The predicted molar refractivity (Wildman–Crippen MR) is 105 cm³/mol. The van der Waals surface area contributed by atoms with Gasteiger partial charge < -0.3 is 9.47 Å². The van der Waals surface area contributed by atoms with Crippen molar-refractivity contribution in [2.75, 3.05) is 6.61 Å². The molecule has 0 saturated heterocycles. The van der Waals surface area contributed by atoms with Crippen LogP contribution < -0.4 is 9.47 Å². The Morgan fingerprint density at radius 2 is 1.81 bits per heavy atom. The van der Waals surface area contributed by atoms with Crippen LogP contribution in [0.4, 0.5) is 11.4 Å². The van der Waals surface area contributed by atoms with Crippen molar-refractivity contribution in [2.24, 2.45) is 10.2 Å². The SMILES string of the molecule is C=C(C)C(=O)Oc1ccc(N=Nc2ccccc2)c2c1OCCCCCC2. The lowest BCUT2D eigenvalue weighted by Gasteiger charge is -2.16. The Bertz CT molecular complexity index is 844. The zero-order valence-electron chi connectivity index (χ0n) is 15.6. The van der Waals surface area contributed by atoms with Crippen molar-refractivity contribution in [2.45, 2.75) is 39.0 Å². The average molecular weight is 364 g/mol. The van der Waals surface area contributed by atoms with E-state index in [1.807, 2.05) is 36.4 Å². The monoisotopic (exact) mass is 364 g/mol. The van der Waals surface area contributed by atoms with E-state index < -0.39 is 5.97 Å². The van der Waals surface area contributed by atoms with Crippen molar-refractivity contribution in [3.63, 3.8) is 0 Å². The molecule has 1 heterocycles. The Balaban J connectivity index is 1.98. The number of carbonyl (C=O) groups excluding carboxylic acids is 1. The maximum atomic E-state index is 12.0. The zero-order valence-corrected chi connectivity index (χ0v) is 15.6. The van der Waals surface area contributed by atoms with Crippen molar-refractivity contribution >= 4 is 17.3 Å². The van der Waals surface area contributed by atoms with Crippen molar-refractivity contribution in [3.8, 4) is 11.5 Å². The first kappa shape index (κ1) is 18.8. The minimum atomic E-state index is -0.459. The molecule has 2 aromatic rings. The van der Waals surface area contributed by atoms with Crippen LogP contribution in [-0.4, -0.2) is 12.6 Å². The fourth-order valence-corrected chi connectivity index (χ4v) is 2.89. The lowest BCUT2D eigenvalue weighted by Crippen LogP contribution is -2.10. The molecule has 5 heteroatoms. The second kappa shape index (κ2) is 9.12. The third kappa shape index (κ3) is 5.03. The van der Waals surface area contributed by atoms with Gasteiger partial charge in [0.1, 0.15) is 0 Å². The number of hydrogen-bond acceptors (Lipinski definition) is 5. The zero-order chi connectivity index (χ0) is 19.1. The highest BCUT2D eigenvalue weighted by Crippen LogP contribution is 2.40. The van der Waals surface area contributed by atoms with Gasteiger partial charge in [0.15, 0.2) is 11.5 Å². The normalized spacial score (nSPS) is 14.4. The molecule has 1 aliphatic heterocycles. The largest absolute Gasteiger partial charge is 0.489 e. The van der Waals surface area contributed by atoms with Crippen molar-refractivity contribution in [3.05, 3.63) is 60.2 Å². The summed E-state index contributed by atoms with van der Waals surface area (Å²) in [5, 5.41) is 8.76. The van der Waals surface area contributed by atoms with E-state index in [4.69, 9.17) is 9.47 Å². The minimum absolute atomic E-state index is 0.347. The Labute approximate surface area is 159 Å². The van der Waals surface area contributed by atoms with Crippen LogP contribution in [0.3, 0.4) is 0 Å². The summed E-state index contributed by atoms with van der Waals surface area (Å²) >= 11 is 0. The molecule has 0 spiro atoms. The molecule has 0 aromatic heterocycles. The number of azo groups is 1. The van der Waals surface area contributed by atoms with Crippen molar-refractivity contribution < 1.29 is 14.3 Å². The van der Waals surface area contributed by atoms with Gasteiger partial charge >= 0.3 is 5.97 Å². The number of fused-ring (bicyclic) bond motifs is 1. The van der Waals surface area contributed by atoms with Gasteiger partial charge in [-0.3, -0.25) is 0 Å². The molecular formula is C22H24N2O3. The average Bonchev–Trinajstić information content (AvgIpc) is 2.80. The first-order chi connectivity index (χ1) is 13.1. The standard InChI is InChI=1S/C22H24N2O3/c1-16(2)22(25)27-20-14-13-19(24-23-17-10-6-5-7-11-17)18-12-8-3-4-9-15-26-21(18)20/h5-7,10-11,13-14H,1,3-4,8-9,12,15H2,2H3. The summed E-state index contributed by atoms with van der Waals surface area (Å²) in [4.78, 5) is 12.0. The molecule has 0 fully saturated rings. The lowest BCUT2D eigenvalue weighted by molar-refractivity contribution is -0.130. The Morgan fingerprint density at radius 3 is 2.59 bits per heavy atom. The summed E-state index contributed by atoms with van der Waals surface area (Å²) in [6.45, 7) is 5.86. The van der Waals surface area contributed by atoms with E-state index in [9.17, 15) is 4.79 Å². The summed E-state index contributed by atoms with van der Waals surface area (Å²) in [5.74, 6) is 0.550. The number of carbonyl (C=O) groups is 1. The van der Waals surface area contributed by atoms with Gasteiger partial charge in [-0.25, -0.2) is 4.79 Å². The van der Waals surface area contributed by atoms with Crippen LogP contribution in [0, 0.1) is 0 Å². The molecule has 0 unspecified atom stereocenters. The molecule has 27 heavy (non-hydrogen) atoms. The third-order valence-electron chi connectivity index (χ3n) is 4.35. The Kier molecular flexibility index (Phi) is 6.36. The Hall–Kier alpha value is -2.95. The number of benzene rings is 2. The van der Waals surface area contributed by atoms with E-state index in [0.29, 0.717) is 23.7 Å². The fourth-order valence-electron chi connectivity index (χ4n) is 2.89. The summed E-state index contributed by atoms with van der Waals surface area (Å²) in [5.41, 5.74) is 2.81. The van der Waals surface area contributed by atoms with Gasteiger partial charge in [0, 0.05) is 11.1 Å². The highest BCUT2D eigenvalue weighted by molar-refractivity contribution is 5.89. The molecule has 0 aliphatic carbocycles. The molecule has 0 radical (unpaired) electrons. The molecular weight excluding hydrogens is 340 g/mol. The molecule has 140 valence electrons. The number of nitrogens with zero attached hydrogens (tertiary/aromatic N) is 2. The van der Waals surface area contributed by atoms with E-state index in [-0.39, 0.29) is 0 Å². The molecule has 3 rings (SSSR count). The van der Waals surface area contributed by atoms with Gasteiger partial charge in [0.05, 0.1) is 18.0 Å². The minimum Gasteiger partial charge on any atom is -0.489 e. The van der Waals surface area contributed by atoms with Crippen LogP contribution >= 0.6 is 0 Å². The number of ether oxygens (including phenoxy) is 2. The molecule has 0 amide bonds. The topological polar surface area (TPSA) is 60.2 Å². The lowest BCUT2D eigenvalue weighted by atomic mass is 10.0. The molecule has 2 aromatic carbocycles. The highest BCUT2D eigenvalue weighted by Gasteiger charge is 2.19. The van der Waals surface area contributed by atoms with Crippen LogP contribution in [0.15, 0.2) is 64.8 Å². The van der Waals surface area contributed by atoms with Gasteiger partial charge in [-0.05, 0) is 50.5 Å². The van der Waals surface area contributed by atoms with E-state index >= 15 is 0 Å². The van der Waals surface area contributed by atoms with E-state index in [1.54, 1.807) is 13.0 Å². The Morgan fingerprint density at radius 1 is 1.04 bits per heavy atom. The van der Waals surface area contributed by atoms with Crippen molar-refractivity contribution in [1.82, 2.24) is 0 Å². The molecule has 0 saturated carbocycles. The third-order valence-corrected chi connectivity index (χ3v) is 4.35. The summed E-state index contributed by atoms with van der Waals surface area (Å²) in [7, 11) is 0. The first-order valence-corrected chi connectivity index (χ1v) is 9.28. The van der Waals surface area contributed by atoms with Gasteiger partial charge in [-0.2, -0.15) is 10.2 Å². The van der Waals surface area contributed by atoms with Crippen LogP contribution in [0.1, 0.15) is 38.2 Å². The summed E-state index contributed by atoms with van der Waals surface area (Å²) < 4.78 is 11.5. The molecule has 1 aliphatic rings. The van der Waals surface area contributed by atoms with E-state index in [1.165, 1.54) is 0 Å². The quantitative estimate of drug-likeness (QED) is 0.286. The van der Waals surface area contributed by atoms with Gasteiger partial charge in [-0.1, -0.05) is 37.6 Å². The fraction of sp³-hybridized carbons (Fsp3) is 0.318. The maximum absolute atomic E-state index is 12.0. The van der Waals surface area contributed by atoms with Gasteiger partial charge in [0.25, 0.3) is 0 Å². The summed E-state index contributed by atoms with van der Waals surface area (Å²) in [6.07, 6.45) is 5.06. The van der Waals surface area contributed by atoms with E-state index in [0.717, 1.165) is 49.0 Å². The molecule has 0 atom stereocenters. The van der Waals surface area contributed by atoms with E-state index in [2.05, 4.69) is 16.8 Å². The number of hydrogen-bond donors (Lipinski definition) is 0. The maximum Gasteiger partial charge on any atom is 0.338 e. The van der Waals surface area contributed by atoms with Crippen LogP contribution in [-0.2, 0) is 11.2 Å². The van der Waals surface area contributed by atoms with Crippen molar-refractivity contribution in [1.29, 1.82) is 0 Å². The highest BCUT2D eigenvalue weighted by atomic mass is 16.6. The predicted octanol–water partition coefficient (Wildman–Crippen LogP) is 6.08. The van der Waals surface area contributed by atoms with Crippen LogP contribution in [0.25, 0.3) is 0 Å². The van der Waals surface area contributed by atoms with Gasteiger partial charge in [0.2, 0.25) is 0 Å². The summed E-state index contributed by atoms with van der Waals surface area (Å²) in [6, 6.07) is 13.1. The second-order valence-corrected chi connectivity index (χ2v) is 6.61. The smallest absolute Gasteiger partial charge is 0.338 e. The molecule has 5 nitrogen and oxygen atoms in total. The van der Waals surface area contributed by atoms with Gasteiger partial charge in [-0.15, -0.1) is 0 Å². The van der Waals surface area contributed by atoms with Crippen LogP contribution in [0.2, 0.25) is 0 Å². The second-order valence-electron chi connectivity index (χ2n) is 6.61. The number of rotatable bonds is 4. The molecule has 0 N–H and O–H groups in total. The molecule has 0 bridgehead atoms.